The average Bonchev–Trinajstić information content (AvgIpc) is 2.95. The molecule has 1 amide bonds. The zero-order valence-corrected chi connectivity index (χ0v) is 11.9. The molecule has 0 N–H and O–H groups in total. The summed E-state index contributed by atoms with van der Waals surface area (Å²) in [7, 11) is 0. The molecule has 2 aromatic rings. The highest BCUT2D eigenvalue weighted by Crippen LogP contribution is 2.25. The van der Waals surface area contributed by atoms with Crippen LogP contribution < -0.4 is 0 Å². The van der Waals surface area contributed by atoms with Crippen molar-refractivity contribution in [2.45, 2.75) is 26.2 Å². The van der Waals surface area contributed by atoms with Crippen molar-refractivity contribution in [2.24, 2.45) is 5.92 Å². The van der Waals surface area contributed by atoms with E-state index in [9.17, 15) is 4.79 Å². The lowest BCUT2D eigenvalue weighted by molar-refractivity contribution is -0.129. The summed E-state index contributed by atoms with van der Waals surface area (Å²) in [6, 6.07) is 10.4. The molecule has 2 heterocycles. The molecule has 3 nitrogen and oxygen atoms in total. The van der Waals surface area contributed by atoms with E-state index in [0.29, 0.717) is 12.3 Å². The van der Waals surface area contributed by atoms with Gasteiger partial charge in [-0.05, 0) is 36.5 Å². The van der Waals surface area contributed by atoms with Crippen LogP contribution in [-0.4, -0.2) is 28.9 Å². The maximum atomic E-state index is 11.7. The van der Waals surface area contributed by atoms with Crippen LogP contribution in [0, 0.1) is 5.92 Å². The van der Waals surface area contributed by atoms with Crippen molar-refractivity contribution < 1.29 is 4.79 Å². The predicted molar refractivity (Wildman–Crippen MR) is 80.4 cm³/mol. The molecule has 0 radical (unpaired) electrons. The lowest BCUT2D eigenvalue weighted by Gasteiger charge is -2.16. The molecule has 1 aliphatic rings. The molecule has 1 atom stereocenters. The van der Waals surface area contributed by atoms with Crippen LogP contribution in [0.3, 0.4) is 0 Å². The van der Waals surface area contributed by atoms with Gasteiger partial charge >= 0.3 is 0 Å². The standard InChI is InChI=1S/C17H20N2O/c1-2-17(20)19-10-8-13(12-19)11-14-7-9-18-16-6-4-3-5-15(14)16/h3-7,9,13H,2,8,10-12H2,1H3. The SMILES string of the molecule is CCC(=O)N1CCC(Cc2ccnc3ccccc23)C1. The molecule has 0 saturated carbocycles. The first kappa shape index (κ1) is 13.1. The van der Waals surface area contributed by atoms with Crippen LogP contribution in [0.4, 0.5) is 0 Å². The fourth-order valence-electron chi connectivity index (χ4n) is 3.09. The summed E-state index contributed by atoms with van der Waals surface area (Å²) < 4.78 is 0. The molecule has 1 aliphatic heterocycles. The lowest BCUT2D eigenvalue weighted by Crippen LogP contribution is -2.28. The van der Waals surface area contributed by atoms with Crippen LogP contribution in [-0.2, 0) is 11.2 Å². The minimum atomic E-state index is 0.284. The van der Waals surface area contributed by atoms with Crippen molar-refractivity contribution in [3.05, 3.63) is 42.1 Å². The summed E-state index contributed by atoms with van der Waals surface area (Å²) >= 11 is 0. The van der Waals surface area contributed by atoms with Crippen molar-refractivity contribution in [3.8, 4) is 0 Å². The van der Waals surface area contributed by atoms with Crippen LogP contribution >= 0.6 is 0 Å². The van der Waals surface area contributed by atoms with Crippen LogP contribution in [0.25, 0.3) is 10.9 Å². The van der Waals surface area contributed by atoms with Crippen LogP contribution in [0.1, 0.15) is 25.3 Å². The van der Waals surface area contributed by atoms with Gasteiger partial charge in [0.05, 0.1) is 5.52 Å². The number of amides is 1. The van der Waals surface area contributed by atoms with E-state index in [0.717, 1.165) is 31.4 Å². The van der Waals surface area contributed by atoms with Gasteiger partial charge in [-0.15, -0.1) is 0 Å². The Balaban J connectivity index is 1.76. The quantitative estimate of drug-likeness (QED) is 0.857. The number of benzene rings is 1. The Morgan fingerprint density at radius 2 is 2.20 bits per heavy atom. The Hall–Kier alpha value is -1.90. The van der Waals surface area contributed by atoms with Crippen molar-refractivity contribution in [1.29, 1.82) is 0 Å². The number of para-hydroxylation sites is 1. The van der Waals surface area contributed by atoms with E-state index in [2.05, 4.69) is 29.2 Å². The molecular formula is C17H20N2O. The summed E-state index contributed by atoms with van der Waals surface area (Å²) in [5.74, 6) is 0.864. The Morgan fingerprint density at radius 1 is 1.35 bits per heavy atom. The fraction of sp³-hybridized carbons (Fsp3) is 0.412. The molecule has 1 fully saturated rings. The number of rotatable bonds is 3. The number of aromatic nitrogens is 1. The van der Waals surface area contributed by atoms with E-state index >= 15 is 0 Å². The molecule has 3 heteroatoms. The number of likely N-dealkylation sites (tertiary alicyclic amines) is 1. The summed E-state index contributed by atoms with van der Waals surface area (Å²) in [6.07, 6.45) is 4.66. The fourth-order valence-corrected chi connectivity index (χ4v) is 3.09. The smallest absolute Gasteiger partial charge is 0.222 e. The molecule has 104 valence electrons. The van der Waals surface area contributed by atoms with Crippen LogP contribution in [0.2, 0.25) is 0 Å². The Labute approximate surface area is 119 Å². The zero-order chi connectivity index (χ0) is 13.9. The number of pyridine rings is 1. The molecule has 1 unspecified atom stereocenters. The third-order valence-electron chi connectivity index (χ3n) is 4.19. The van der Waals surface area contributed by atoms with Gasteiger partial charge in [-0.25, -0.2) is 0 Å². The molecule has 0 aliphatic carbocycles. The maximum Gasteiger partial charge on any atom is 0.222 e. The van der Waals surface area contributed by atoms with Crippen molar-refractivity contribution in [2.75, 3.05) is 13.1 Å². The van der Waals surface area contributed by atoms with Gasteiger partial charge < -0.3 is 4.90 Å². The third-order valence-corrected chi connectivity index (χ3v) is 4.19. The van der Waals surface area contributed by atoms with Crippen LogP contribution in [0.5, 0.6) is 0 Å². The van der Waals surface area contributed by atoms with Gasteiger partial charge in [0.15, 0.2) is 0 Å². The van der Waals surface area contributed by atoms with E-state index in [-0.39, 0.29) is 5.91 Å². The Kier molecular flexibility index (Phi) is 3.68. The average molecular weight is 268 g/mol. The highest BCUT2D eigenvalue weighted by molar-refractivity contribution is 5.81. The van der Waals surface area contributed by atoms with Gasteiger partial charge in [-0.2, -0.15) is 0 Å². The number of fused-ring (bicyclic) bond motifs is 1. The van der Waals surface area contributed by atoms with E-state index < -0.39 is 0 Å². The number of hydrogen-bond acceptors (Lipinski definition) is 2. The molecule has 1 aromatic carbocycles. The predicted octanol–water partition coefficient (Wildman–Crippen LogP) is 3.04. The van der Waals surface area contributed by atoms with Crippen molar-refractivity contribution >= 4 is 16.8 Å². The second-order valence-corrected chi connectivity index (χ2v) is 5.54. The van der Waals surface area contributed by atoms with Gasteiger partial charge in [-0.1, -0.05) is 25.1 Å². The van der Waals surface area contributed by atoms with E-state index in [1.807, 2.05) is 24.1 Å². The molecule has 0 spiro atoms. The zero-order valence-electron chi connectivity index (χ0n) is 11.9. The van der Waals surface area contributed by atoms with Gasteiger partial charge in [0.1, 0.15) is 0 Å². The van der Waals surface area contributed by atoms with Gasteiger partial charge in [0.2, 0.25) is 5.91 Å². The number of carbonyl (C=O) groups is 1. The molecule has 1 aromatic heterocycles. The van der Waals surface area contributed by atoms with Crippen LogP contribution in [0.15, 0.2) is 36.5 Å². The lowest BCUT2D eigenvalue weighted by atomic mass is 9.96. The van der Waals surface area contributed by atoms with Gasteiger partial charge in [-0.3, -0.25) is 9.78 Å². The van der Waals surface area contributed by atoms with Gasteiger partial charge in [0.25, 0.3) is 0 Å². The summed E-state index contributed by atoms with van der Waals surface area (Å²) in [4.78, 5) is 18.2. The van der Waals surface area contributed by atoms with Crippen molar-refractivity contribution in [1.82, 2.24) is 9.88 Å². The molecular weight excluding hydrogens is 248 g/mol. The minimum Gasteiger partial charge on any atom is -0.342 e. The van der Waals surface area contributed by atoms with E-state index in [4.69, 9.17) is 0 Å². The molecule has 1 saturated heterocycles. The monoisotopic (exact) mass is 268 g/mol. The first-order valence-electron chi connectivity index (χ1n) is 7.38. The van der Waals surface area contributed by atoms with E-state index in [1.165, 1.54) is 10.9 Å². The highest BCUT2D eigenvalue weighted by Gasteiger charge is 2.25. The second kappa shape index (κ2) is 5.61. The highest BCUT2D eigenvalue weighted by atomic mass is 16.2. The first-order valence-corrected chi connectivity index (χ1v) is 7.38. The minimum absolute atomic E-state index is 0.284. The molecule has 0 bridgehead atoms. The topological polar surface area (TPSA) is 33.2 Å². The third kappa shape index (κ3) is 2.53. The first-order chi connectivity index (χ1) is 9.78. The Bertz CT molecular complexity index is 618. The summed E-state index contributed by atoms with van der Waals surface area (Å²) in [6.45, 7) is 3.76. The number of nitrogens with zero attached hydrogens (tertiary/aromatic N) is 2. The number of hydrogen-bond donors (Lipinski definition) is 0. The molecule has 20 heavy (non-hydrogen) atoms. The number of carbonyl (C=O) groups excluding carboxylic acids is 1. The van der Waals surface area contributed by atoms with E-state index in [1.54, 1.807) is 0 Å². The van der Waals surface area contributed by atoms with Gasteiger partial charge in [0, 0.05) is 31.1 Å². The van der Waals surface area contributed by atoms with Crippen molar-refractivity contribution in [3.63, 3.8) is 0 Å². The second-order valence-electron chi connectivity index (χ2n) is 5.54. The normalized spacial score (nSPS) is 18.6. The largest absolute Gasteiger partial charge is 0.342 e. The maximum absolute atomic E-state index is 11.7. The Morgan fingerprint density at radius 3 is 3.05 bits per heavy atom. The molecule has 3 rings (SSSR count). The summed E-state index contributed by atoms with van der Waals surface area (Å²) in [5.41, 5.74) is 2.41. The summed E-state index contributed by atoms with van der Waals surface area (Å²) in [5, 5.41) is 1.25.